The molecule has 2 aromatic carbocycles. The van der Waals surface area contributed by atoms with Crippen molar-refractivity contribution in [3.05, 3.63) is 66.2 Å². The van der Waals surface area contributed by atoms with E-state index in [1.54, 1.807) is 0 Å². The maximum Gasteiger partial charge on any atom is 0.303 e. The van der Waals surface area contributed by atoms with Gasteiger partial charge in [0.25, 0.3) is 0 Å². The summed E-state index contributed by atoms with van der Waals surface area (Å²) in [4.78, 5) is 17.1. The van der Waals surface area contributed by atoms with Crippen LogP contribution in [0.15, 0.2) is 60.7 Å². The van der Waals surface area contributed by atoms with Gasteiger partial charge in [0.05, 0.1) is 5.69 Å². The summed E-state index contributed by atoms with van der Waals surface area (Å²) in [5, 5.41) is 1.82. The number of nitrogens with zero attached hydrogens (tertiary/aromatic N) is 1. The third kappa shape index (κ3) is 2.90. The van der Waals surface area contributed by atoms with Crippen LogP contribution >= 0.6 is 0 Å². The van der Waals surface area contributed by atoms with Crippen molar-refractivity contribution in [1.29, 1.82) is 0 Å². The molecule has 0 bridgehead atoms. The molecular formula is C17H17NO3. The van der Waals surface area contributed by atoms with Crippen LogP contribution in [0.2, 0.25) is 0 Å². The fourth-order valence-corrected chi connectivity index (χ4v) is 2.60. The molecule has 0 spiro atoms. The normalized spacial score (nSPS) is 21.3. The number of para-hydroxylation sites is 1. The molecule has 0 aliphatic carbocycles. The van der Waals surface area contributed by atoms with E-state index in [2.05, 4.69) is 0 Å². The Hall–Kier alpha value is -2.33. The minimum Gasteiger partial charge on any atom is -0.457 e. The van der Waals surface area contributed by atoms with E-state index >= 15 is 0 Å². The second kappa shape index (κ2) is 5.97. The number of hydrogen-bond donors (Lipinski definition) is 0. The molecule has 3 rings (SSSR count). The first-order valence-electron chi connectivity index (χ1n) is 6.95. The smallest absolute Gasteiger partial charge is 0.303 e. The summed E-state index contributed by atoms with van der Waals surface area (Å²) in [6.07, 6.45) is -0.315. The van der Waals surface area contributed by atoms with E-state index in [-0.39, 0.29) is 18.1 Å². The van der Waals surface area contributed by atoms with Crippen molar-refractivity contribution in [3.63, 3.8) is 0 Å². The molecule has 1 fully saturated rings. The molecule has 21 heavy (non-hydrogen) atoms. The van der Waals surface area contributed by atoms with Crippen molar-refractivity contribution in [3.8, 4) is 0 Å². The summed E-state index contributed by atoms with van der Waals surface area (Å²) in [5.41, 5.74) is 2.01. The van der Waals surface area contributed by atoms with Gasteiger partial charge in [-0.15, -0.1) is 0 Å². The summed E-state index contributed by atoms with van der Waals surface area (Å²) in [6, 6.07) is 19.6. The van der Waals surface area contributed by atoms with Gasteiger partial charge >= 0.3 is 5.97 Å². The largest absolute Gasteiger partial charge is 0.457 e. The highest BCUT2D eigenvalue weighted by Gasteiger charge is 2.39. The highest BCUT2D eigenvalue weighted by Crippen LogP contribution is 2.36. The van der Waals surface area contributed by atoms with Gasteiger partial charge in [0.15, 0.2) is 6.10 Å². The van der Waals surface area contributed by atoms with Crippen molar-refractivity contribution in [2.75, 3.05) is 11.7 Å². The molecule has 1 aliphatic rings. The molecular weight excluding hydrogens is 266 g/mol. The summed E-state index contributed by atoms with van der Waals surface area (Å²) in [6.45, 7) is 1.78. The molecule has 1 saturated heterocycles. The van der Waals surface area contributed by atoms with Crippen LogP contribution in [-0.2, 0) is 14.4 Å². The van der Waals surface area contributed by atoms with Crippen molar-refractivity contribution in [2.24, 2.45) is 0 Å². The second-order valence-corrected chi connectivity index (χ2v) is 4.96. The van der Waals surface area contributed by atoms with E-state index in [4.69, 9.17) is 9.57 Å². The fraction of sp³-hybridized carbons (Fsp3) is 0.235. The predicted molar refractivity (Wildman–Crippen MR) is 79.6 cm³/mol. The lowest BCUT2D eigenvalue weighted by Crippen LogP contribution is -2.29. The minimum absolute atomic E-state index is 0.141. The van der Waals surface area contributed by atoms with Crippen LogP contribution in [0, 0.1) is 0 Å². The number of esters is 1. The van der Waals surface area contributed by atoms with E-state index in [0.717, 1.165) is 11.3 Å². The molecule has 1 heterocycles. The Morgan fingerprint density at radius 1 is 1.10 bits per heavy atom. The van der Waals surface area contributed by atoms with Gasteiger partial charge in [0.1, 0.15) is 12.6 Å². The maximum absolute atomic E-state index is 11.3. The van der Waals surface area contributed by atoms with Crippen LogP contribution in [0.25, 0.3) is 0 Å². The standard InChI is InChI=1S/C17H17NO3/c1-13(19)21-16-12-20-18(15-10-6-3-7-11-15)17(16)14-8-4-2-5-9-14/h2-11,16-17H,12H2,1H3/t16-,17+/m0/s1. The molecule has 4 nitrogen and oxygen atoms in total. The van der Waals surface area contributed by atoms with E-state index in [9.17, 15) is 4.79 Å². The number of carbonyl (C=O) groups is 1. The van der Waals surface area contributed by atoms with E-state index < -0.39 is 0 Å². The molecule has 2 atom stereocenters. The molecule has 0 radical (unpaired) electrons. The maximum atomic E-state index is 11.3. The van der Waals surface area contributed by atoms with Crippen molar-refractivity contribution in [2.45, 2.75) is 19.1 Å². The first-order chi connectivity index (χ1) is 10.3. The molecule has 0 N–H and O–H groups in total. The van der Waals surface area contributed by atoms with E-state index in [1.807, 2.05) is 65.7 Å². The second-order valence-electron chi connectivity index (χ2n) is 4.96. The van der Waals surface area contributed by atoms with Crippen LogP contribution in [-0.4, -0.2) is 18.7 Å². The summed E-state index contributed by atoms with van der Waals surface area (Å²) in [5.74, 6) is -0.292. The molecule has 2 aromatic rings. The number of hydrogen-bond acceptors (Lipinski definition) is 4. The zero-order valence-electron chi connectivity index (χ0n) is 11.8. The molecule has 0 aromatic heterocycles. The quantitative estimate of drug-likeness (QED) is 0.811. The average molecular weight is 283 g/mol. The SMILES string of the molecule is CC(=O)O[C@H]1CON(c2ccccc2)[C@@H]1c1ccccc1. The van der Waals surface area contributed by atoms with Crippen LogP contribution in [0.3, 0.4) is 0 Å². The Balaban J connectivity index is 1.95. The number of benzene rings is 2. The van der Waals surface area contributed by atoms with Gasteiger partial charge < -0.3 is 4.74 Å². The fourth-order valence-electron chi connectivity index (χ4n) is 2.60. The Kier molecular flexibility index (Phi) is 3.88. The predicted octanol–water partition coefficient (Wildman–Crippen LogP) is 3.11. The third-order valence-corrected chi connectivity index (χ3v) is 3.45. The third-order valence-electron chi connectivity index (χ3n) is 3.45. The van der Waals surface area contributed by atoms with Gasteiger partial charge in [-0.1, -0.05) is 48.5 Å². The Bertz CT molecular complexity index is 600. The van der Waals surface area contributed by atoms with Crippen molar-refractivity contribution < 1.29 is 14.4 Å². The van der Waals surface area contributed by atoms with Gasteiger partial charge in [-0.25, -0.2) is 5.06 Å². The molecule has 4 heteroatoms. The monoisotopic (exact) mass is 283 g/mol. The first-order valence-corrected chi connectivity index (χ1v) is 6.95. The van der Waals surface area contributed by atoms with Crippen LogP contribution in [0.1, 0.15) is 18.5 Å². The number of anilines is 1. The Morgan fingerprint density at radius 3 is 2.33 bits per heavy atom. The molecule has 1 aliphatic heterocycles. The lowest BCUT2D eigenvalue weighted by Gasteiger charge is -2.27. The van der Waals surface area contributed by atoms with Gasteiger partial charge in [-0.05, 0) is 17.7 Å². The zero-order chi connectivity index (χ0) is 14.7. The van der Waals surface area contributed by atoms with Gasteiger partial charge in [-0.2, -0.15) is 0 Å². The van der Waals surface area contributed by atoms with Gasteiger partial charge in [-0.3, -0.25) is 9.63 Å². The Labute approximate surface area is 123 Å². The minimum atomic E-state index is -0.315. The highest BCUT2D eigenvalue weighted by molar-refractivity contribution is 5.66. The molecule has 108 valence electrons. The summed E-state index contributed by atoms with van der Waals surface area (Å²) >= 11 is 0. The lowest BCUT2D eigenvalue weighted by atomic mass is 10.0. The number of rotatable bonds is 3. The number of carbonyl (C=O) groups excluding carboxylic acids is 1. The summed E-state index contributed by atoms with van der Waals surface area (Å²) < 4.78 is 5.42. The molecule has 0 unspecified atom stereocenters. The topological polar surface area (TPSA) is 38.8 Å². The number of ether oxygens (including phenoxy) is 1. The molecule has 0 saturated carbocycles. The highest BCUT2D eigenvalue weighted by atomic mass is 16.7. The average Bonchev–Trinajstić information content (AvgIpc) is 2.92. The molecule has 0 amide bonds. The number of hydroxylamine groups is 1. The van der Waals surface area contributed by atoms with E-state index in [1.165, 1.54) is 6.92 Å². The van der Waals surface area contributed by atoms with Crippen molar-refractivity contribution >= 4 is 11.7 Å². The van der Waals surface area contributed by atoms with Gasteiger partial charge in [0.2, 0.25) is 0 Å². The lowest BCUT2D eigenvalue weighted by molar-refractivity contribution is -0.146. The summed E-state index contributed by atoms with van der Waals surface area (Å²) in [7, 11) is 0. The van der Waals surface area contributed by atoms with Crippen LogP contribution in [0.5, 0.6) is 0 Å². The van der Waals surface area contributed by atoms with Gasteiger partial charge in [0, 0.05) is 6.92 Å². The Morgan fingerprint density at radius 2 is 1.71 bits per heavy atom. The van der Waals surface area contributed by atoms with Crippen LogP contribution in [0.4, 0.5) is 5.69 Å². The van der Waals surface area contributed by atoms with E-state index in [0.29, 0.717) is 6.61 Å². The van der Waals surface area contributed by atoms with Crippen LogP contribution < -0.4 is 5.06 Å². The van der Waals surface area contributed by atoms with Crippen molar-refractivity contribution in [1.82, 2.24) is 0 Å². The first kappa shape index (κ1) is 13.6. The zero-order valence-corrected chi connectivity index (χ0v) is 11.8.